The number of benzene rings is 2. The minimum Gasteiger partial charge on any atom is -0.340 e. The first-order valence-electron chi connectivity index (χ1n) is 11.4. The van der Waals surface area contributed by atoms with E-state index in [2.05, 4.69) is 4.90 Å². The predicted molar refractivity (Wildman–Crippen MR) is 127 cm³/mol. The third-order valence-corrected chi connectivity index (χ3v) is 6.77. The van der Waals surface area contributed by atoms with E-state index in [-0.39, 0.29) is 30.0 Å². The highest BCUT2D eigenvalue weighted by Crippen LogP contribution is 2.25. The SMILES string of the molecule is CC(C(=O)N1CCN(C2CCCCC2)CC1)c1cccc(C(=O)c2ccccc2)c1.Cl. The molecule has 2 fully saturated rings. The van der Waals surface area contributed by atoms with Crippen molar-refractivity contribution in [2.45, 2.75) is 51.0 Å². The van der Waals surface area contributed by atoms with Crippen LogP contribution in [0.4, 0.5) is 0 Å². The maximum absolute atomic E-state index is 13.2. The second kappa shape index (κ2) is 10.9. The van der Waals surface area contributed by atoms with Crippen LogP contribution in [0.15, 0.2) is 54.6 Å². The average molecular weight is 441 g/mol. The quantitative estimate of drug-likeness (QED) is 0.619. The van der Waals surface area contributed by atoms with Crippen molar-refractivity contribution in [3.05, 3.63) is 71.3 Å². The van der Waals surface area contributed by atoms with Gasteiger partial charge in [0.25, 0.3) is 0 Å². The Hall–Kier alpha value is -2.17. The van der Waals surface area contributed by atoms with Gasteiger partial charge in [0.1, 0.15) is 0 Å². The zero-order valence-corrected chi connectivity index (χ0v) is 19.2. The molecule has 0 N–H and O–H groups in total. The van der Waals surface area contributed by atoms with E-state index in [0.29, 0.717) is 17.2 Å². The molecule has 0 spiro atoms. The number of rotatable bonds is 5. The van der Waals surface area contributed by atoms with Crippen molar-refractivity contribution in [3.8, 4) is 0 Å². The highest BCUT2D eigenvalue weighted by Gasteiger charge is 2.29. The third-order valence-electron chi connectivity index (χ3n) is 6.77. The number of carbonyl (C=O) groups excluding carboxylic acids is 2. The maximum Gasteiger partial charge on any atom is 0.229 e. The second-order valence-corrected chi connectivity index (χ2v) is 8.70. The maximum atomic E-state index is 13.2. The van der Waals surface area contributed by atoms with Crippen LogP contribution in [-0.4, -0.2) is 53.7 Å². The number of carbonyl (C=O) groups is 2. The van der Waals surface area contributed by atoms with E-state index in [0.717, 1.165) is 31.7 Å². The average Bonchev–Trinajstić information content (AvgIpc) is 2.84. The summed E-state index contributed by atoms with van der Waals surface area (Å²) >= 11 is 0. The van der Waals surface area contributed by atoms with Gasteiger partial charge in [-0.25, -0.2) is 0 Å². The highest BCUT2D eigenvalue weighted by molar-refractivity contribution is 6.09. The van der Waals surface area contributed by atoms with E-state index < -0.39 is 0 Å². The molecule has 0 bridgehead atoms. The second-order valence-electron chi connectivity index (χ2n) is 8.70. The number of halogens is 1. The summed E-state index contributed by atoms with van der Waals surface area (Å²) in [6, 6.07) is 17.6. The molecule has 1 amide bonds. The van der Waals surface area contributed by atoms with Gasteiger partial charge in [-0.15, -0.1) is 12.4 Å². The lowest BCUT2D eigenvalue weighted by Gasteiger charge is -2.41. The van der Waals surface area contributed by atoms with E-state index in [1.165, 1.54) is 32.1 Å². The van der Waals surface area contributed by atoms with Crippen molar-refractivity contribution in [1.82, 2.24) is 9.80 Å². The van der Waals surface area contributed by atoms with Crippen LogP contribution in [0.5, 0.6) is 0 Å². The van der Waals surface area contributed by atoms with Gasteiger partial charge in [0.2, 0.25) is 5.91 Å². The molecular weight excluding hydrogens is 408 g/mol. The molecule has 2 aromatic rings. The molecule has 1 aliphatic carbocycles. The summed E-state index contributed by atoms with van der Waals surface area (Å²) in [6.45, 7) is 5.54. The lowest BCUT2D eigenvalue weighted by molar-refractivity contribution is -0.134. The Labute approximate surface area is 192 Å². The summed E-state index contributed by atoms with van der Waals surface area (Å²) in [5.74, 6) is -0.0736. The van der Waals surface area contributed by atoms with E-state index in [1.807, 2.05) is 66.4 Å². The van der Waals surface area contributed by atoms with Crippen molar-refractivity contribution in [2.75, 3.05) is 26.2 Å². The first-order valence-corrected chi connectivity index (χ1v) is 11.4. The summed E-state index contributed by atoms with van der Waals surface area (Å²) in [7, 11) is 0. The van der Waals surface area contributed by atoms with Gasteiger partial charge in [-0.1, -0.05) is 67.8 Å². The summed E-state index contributed by atoms with van der Waals surface area (Å²) in [5.41, 5.74) is 2.23. The Morgan fingerprint density at radius 1 is 0.839 bits per heavy atom. The minimum absolute atomic E-state index is 0. The Kier molecular flexibility index (Phi) is 8.28. The van der Waals surface area contributed by atoms with Gasteiger partial charge in [0, 0.05) is 43.3 Å². The first-order chi connectivity index (χ1) is 14.6. The van der Waals surface area contributed by atoms with Gasteiger partial charge in [-0.3, -0.25) is 14.5 Å². The molecule has 4 nitrogen and oxygen atoms in total. The molecule has 1 saturated heterocycles. The number of hydrogen-bond acceptors (Lipinski definition) is 3. The largest absolute Gasteiger partial charge is 0.340 e. The standard InChI is InChI=1S/C26H32N2O2.ClH/c1-20(22-11-8-12-23(19-22)25(29)21-9-4-2-5-10-21)26(30)28-17-15-27(16-18-28)24-13-6-3-7-14-24;/h2,4-5,8-12,19-20,24H,3,6-7,13-18H2,1H3;1H. The lowest BCUT2D eigenvalue weighted by Crippen LogP contribution is -2.53. The summed E-state index contributed by atoms with van der Waals surface area (Å²) < 4.78 is 0. The van der Waals surface area contributed by atoms with Crippen LogP contribution < -0.4 is 0 Å². The fourth-order valence-electron chi connectivity index (χ4n) is 4.88. The van der Waals surface area contributed by atoms with Gasteiger partial charge in [-0.05, 0) is 31.4 Å². The van der Waals surface area contributed by atoms with Gasteiger partial charge in [-0.2, -0.15) is 0 Å². The molecule has 166 valence electrons. The van der Waals surface area contributed by atoms with Crippen molar-refractivity contribution in [1.29, 1.82) is 0 Å². The molecule has 1 unspecified atom stereocenters. The van der Waals surface area contributed by atoms with Crippen LogP contribution in [-0.2, 0) is 4.79 Å². The molecular formula is C26H33ClN2O2. The zero-order valence-electron chi connectivity index (χ0n) is 18.3. The van der Waals surface area contributed by atoms with Gasteiger partial charge >= 0.3 is 0 Å². The van der Waals surface area contributed by atoms with Crippen molar-refractivity contribution >= 4 is 24.1 Å². The molecule has 2 aromatic carbocycles. The topological polar surface area (TPSA) is 40.6 Å². The number of piperazine rings is 1. The monoisotopic (exact) mass is 440 g/mol. The van der Waals surface area contributed by atoms with Crippen LogP contribution in [0, 0.1) is 0 Å². The molecule has 1 heterocycles. The van der Waals surface area contributed by atoms with Crippen LogP contribution in [0.1, 0.15) is 66.4 Å². The number of ketones is 1. The van der Waals surface area contributed by atoms with Crippen LogP contribution >= 0.6 is 12.4 Å². The predicted octanol–water partition coefficient (Wildman–Crippen LogP) is 4.92. The Morgan fingerprint density at radius 3 is 2.16 bits per heavy atom. The normalized spacial score (nSPS) is 18.8. The number of hydrogen-bond donors (Lipinski definition) is 0. The lowest BCUT2D eigenvalue weighted by atomic mass is 9.93. The Balaban J connectivity index is 0.00000272. The van der Waals surface area contributed by atoms with Crippen LogP contribution in [0.2, 0.25) is 0 Å². The summed E-state index contributed by atoms with van der Waals surface area (Å²) in [6.07, 6.45) is 6.69. The van der Waals surface area contributed by atoms with Crippen LogP contribution in [0.3, 0.4) is 0 Å². The smallest absolute Gasteiger partial charge is 0.229 e. The molecule has 0 radical (unpaired) electrons. The van der Waals surface area contributed by atoms with E-state index in [4.69, 9.17) is 0 Å². The van der Waals surface area contributed by atoms with Gasteiger partial charge in [0.15, 0.2) is 5.78 Å². The van der Waals surface area contributed by atoms with E-state index in [9.17, 15) is 9.59 Å². The van der Waals surface area contributed by atoms with E-state index >= 15 is 0 Å². The van der Waals surface area contributed by atoms with E-state index in [1.54, 1.807) is 0 Å². The molecule has 1 aliphatic heterocycles. The number of nitrogens with zero attached hydrogens (tertiary/aromatic N) is 2. The first kappa shape index (κ1) is 23.5. The summed E-state index contributed by atoms with van der Waals surface area (Å²) in [5, 5.41) is 0. The Bertz CT molecular complexity index is 872. The molecule has 31 heavy (non-hydrogen) atoms. The Morgan fingerprint density at radius 2 is 1.48 bits per heavy atom. The fraction of sp³-hybridized carbons (Fsp3) is 0.462. The van der Waals surface area contributed by atoms with Crippen LogP contribution in [0.25, 0.3) is 0 Å². The van der Waals surface area contributed by atoms with Gasteiger partial charge < -0.3 is 4.90 Å². The molecule has 1 atom stereocenters. The molecule has 1 saturated carbocycles. The minimum atomic E-state index is -0.241. The van der Waals surface area contributed by atoms with Gasteiger partial charge in [0.05, 0.1) is 5.92 Å². The molecule has 0 aromatic heterocycles. The highest BCUT2D eigenvalue weighted by atomic mass is 35.5. The molecule has 5 heteroatoms. The summed E-state index contributed by atoms with van der Waals surface area (Å²) in [4.78, 5) is 30.5. The zero-order chi connectivity index (χ0) is 20.9. The fourth-order valence-corrected chi connectivity index (χ4v) is 4.88. The van der Waals surface area contributed by atoms with Crippen molar-refractivity contribution < 1.29 is 9.59 Å². The molecule has 2 aliphatic rings. The molecule has 4 rings (SSSR count). The van der Waals surface area contributed by atoms with Crippen molar-refractivity contribution in [2.24, 2.45) is 0 Å². The number of amides is 1. The van der Waals surface area contributed by atoms with Crippen molar-refractivity contribution in [3.63, 3.8) is 0 Å². The third kappa shape index (κ3) is 5.55.